The lowest BCUT2D eigenvalue weighted by atomic mass is 10.0. The first-order valence-corrected chi connectivity index (χ1v) is 8.70. The largest absolute Gasteiger partial charge is 0.351 e. The quantitative estimate of drug-likeness (QED) is 0.566. The summed E-state index contributed by atoms with van der Waals surface area (Å²) in [5.41, 5.74) is 7.00. The van der Waals surface area contributed by atoms with E-state index in [4.69, 9.17) is 5.73 Å². The minimum Gasteiger partial charge on any atom is -0.351 e. The van der Waals surface area contributed by atoms with Crippen molar-refractivity contribution in [2.45, 2.75) is 19.4 Å². The van der Waals surface area contributed by atoms with Gasteiger partial charge in [-0.15, -0.1) is 0 Å². The van der Waals surface area contributed by atoms with Crippen LogP contribution in [0.3, 0.4) is 0 Å². The molecule has 2 aromatic carbocycles. The number of amides is 3. The Bertz CT molecular complexity index is 793. The molecule has 0 bridgehead atoms. The average molecular weight is 368 g/mol. The molecule has 0 aliphatic rings. The van der Waals surface area contributed by atoms with Crippen LogP contribution in [0.4, 0.5) is 5.69 Å². The second-order valence-electron chi connectivity index (χ2n) is 6.01. The van der Waals surface area contributed by atoms with E-state index in [1.165, 1.54) is 6.92 Å². The standard InChI is InChI=1S/C20H24N4O3/c1-14(25)23-18(15-7-3-2-4-8-15)13-19(26)24-17-10-6-5-9-16(17)20(27)22-12-11-21/h2-10,18H,11-13,21H2,1H3,(H,22,27)(H,23,25)(H,24,26). The van der Waals surface area contributed by atoms with Gasteiger partial charge in [-0.25, -0.2) is 0 Å². The number of para-hydroxylation sites is 1. The molecule has 0 fully saturated rings. The summed E-state index contributed by atoms with van der Waals surface area (Å²) in [5.74, 6) is -0.840. The predicted octanol–water partition coefficient (Wildman–Crippen LogP) is 1.58. The SMILES string of the molecule is CC(=O)NC(CC(=O)Nc1ccccc1C(=O)NCCN)c1ccccc1. The van der Waals surface area contributed by atoms with E-state index in [-0.39, 0.29) is 24.1 Å². The van der Waals surface area contributed by atoms with Crippen molar-refractivity contribution in [2.75, 3.05) is 18.4 Å². The lowest BCUT2D eigenvalue weighted by Crippen LogP contribution is -2.31. The van der Waals surface area contributed by atoms with Crippen molar-refractivity contribution >= 4 is 23.4 Å². The van der Waals surface area contributed by atoms with E-state index in [0.717, 1.165) is 5.56 Å². The maximum Gasteiger partial charge on any atom is 0.253 e. The molecule has 0 saturated heterocycles. The lowest BCUT2D eigenvalue weighted by molar-refractivity contribution is -0.120. The van der Waals surface area contributed by atoms with Gasteiger partial charge in [0.15, 0.2) is 0 Å². The molecule has 7 nitrogen and oxygen atoms in total. The smallest absolute Gasteiger partial charge is 0.253 e. The highest BCUT2D eigenvalue weighted by Gasteiger charge is 2.19. The minimum absolute atomic E-state index is 0.0440. The zero-order chi connectivity index (χ0) is 19.6. The molecule has 0 aromatic heterocycles. The molecule has 142 valence electrons. The van der Waals surface area contributed by atoms with Gasteiger partial charge >= 0.3 is 0 Å². The highest BCUT2D eigenvalue weighted by atomic mass is 16.2. The zero-order valence-corrected chi connectivity index (χ0v) is 15.2. The van der Waals surface area contributed by atoms with E-state index in [9.17, 15) is 14.4 Å². The number of carbonyl (C=O) groups excluding carboxylic acids is 3. The minimum atomic E-state index is -0.457. The van der Waals surface area contributed by atoms with Gasteiger partial charge in [0.25, 0.3) is 5.91 Å². The Hall–Kier alpha value is -3.19. The predicted molar refractivity (Wildman–Crippen MR) is 104 cm³/mol. The van der Waals surface area contributed by atoms with E-state index < -0.39 is 6.04 Å². The summed E-state index contributed by atoms with van der Waals surface area (Å²) in [4.78, 5) is 36.3. The molecule has 3 amide bonds. The topological polar surface area (TPSA) is 113 Å². The summed E-state index contributed by atoms with van der Waals surface area (Å²) in [6.45, 7) is 2.08. The Kier molecular flexibility index (Phi) is 7.51. The third-order valence-corrected chi connectivity index (χ3v) is 3.84. The summed E-state index contributed by atoms with van der Waals surface area (Å²) in [6, 6.07) is 15.5. The van der Waals surface area contributed by atoms with Crippen LogP contribution in [0.1, 0.15) is 35.3 Å². The molecule has 2 aromatic rings. The fraction of sp³-hybridized carbons (Fsp3) is 0.250. The zero-order valence-electron chi connectivity index (χ0n) is 15.2. The first-order chi connectivity index (χ1) is 13.0. The number of benzene rings is 2. The maximum absolute atomic E-state index is 12.6. The number of hydrogen-bond acceptors (Lipinski definition) is 4. The Morgan fingerprint density at radius 2 is 1.67 bits per heavy atom. The van der Waals surface area contributed by atoms with Crippen molar-refractivity contribution in [1.82, 2.24) is 10.6 Å². The molecule has 0 aliphatic heterocycles. The van der Waals surface area contributed by atoms with Gasteiger partial charge in [-0.1, -0.05) is 42.5 Å². The van der Waals surface area contributed by atoms with Crippen molar-refractivity contribution < 1.29 is 14.4 Å². The second-order valence-corrected chi connectivity index (χ2v) is 6.01. The number of hydrogen-bond donors (Lipinski definition) is 4. The van der Waals surface area contributed by atoms with Crippen LogP contribution >= 0.6 is 0 Å². The van der Waals surface area contributed by atoms with Crippen LogP contribution < -0.4 is 21.7 Å². The molecular formula is C20H24N4O3. The summed E-state index contributed by atoms with van der Waals surface area (Å²) in [6.07, 6.45) is 0.0440. The monoisotopic (exact) mass is 368 g/mol. The van der Waals surface area contributed by atoms with Gasteiger partial charge in [0, 0.05) is 20.0 Å². The van der Waals surface area contributed by atoms with Gasteiger partial charge in [-0.2, -0.15) is 0 Å². The van der Waals surface area contributed by atoms with Crippen LogP contribution in [0.15, 0.2) is 54.6 Å². The third-order valence-electron chi connectivity index (χ3n) is 3.84. The fourth-order valence-electron chi connectivity index (χ4n) is 2.64. The third kappa shape index (κ3) is 6.23. The number of rotatable bonds is 8. The summed E-state index contributed by atoms with van der Waals surface area (Å²) >= 11 is 0. The van der Waals surface area contributed by atoms with Crippen molar-refractivity contribution in [3.8, 4) is 0 Å². The van der Waals surface area contributed by atoms with Gasteiger partial charge in [-0.3, -0.25) is 14.4 Å². The Morgan fingerprint density at radius 3 is 2.33 bits per heavy atom. The number of nitrogens with one attached hydrogen (secondary N) is 3. The molecule has 2 rings (SSSR count). The van der Waals surface area contributed by atoms with Crippen LogP contribution in [0.2, 0.25) is 0 Å². The number of anilines is 1. The number of carbonyl (C=O) groups is 3. The van der Waals surface area contributed by atoms with Crippen molar-refractivity contribution in [3.63, 3.8) is 0 Å². The molecule has 0 radical (unpaired) electrons. The molecule has 0 heterocycles. The normalized spacial score (nSPS) is 11.3. The van der Waals surface area contributed by atoms with E-state index in [0.29, 0.717) is 24.3 Å². The van der Waals surface area contributed by atoms with E-state index in [2.05, 4.69) is 16.0 Å². The molecule has 0 aliphatic carbocycles. The molecular weight excluding hydrogens is 344 g/mol. The first kappa shape index (κ1) is 20.1. The molecule has 27 heavy (non-hydrogen) atoms. The van der Waals surface area contributed by atoms with E-state index in [1.807, 2.05) is 30.3 Å². The summed E-state index contributed by atoms with van der Waals surface area (Å²) in [5, 5.41) is 8.23. The molecule has 0 saturated carbocycles. The molecule has 0 spiro atoms. The average Bonchev–Trinajstić information content (AvgIpc) is 2.66. The van der Waals surface area contributed by atoms with Gasteiger partial charge < -0.3 is 21.7 Å². The molecule has 1 unspecified atom stereocenters. The Labute approximate surface area is 158 Å². The van der Waals surface area contributed by atoms with Gasteiger partial charge in [-0.05, 0) is 17.7 Å². The first-order valence-electron chi connectivity index (χ1n) is 8.70. The van der Waals surface area contributed by atoms with Gasteiger partial charge in [0.05, 0.1) is 23.7 Å². The van der Waals surface area contributed by atoms with Crippen molar-refractivity contribution in [3.05, 3.63) is 65.7 Å². The second kappa shape index (κ2) is 10.1. The highest BCUT2D eigenvalue weighted by molar-refractivity contribution is 6.03. The molecule has 7 heteroatoms. The van der Waals surface area contributed by atoms with Crippen molar-refractivity contribution in [1.29, 1.82) is 0 Å². The van der Waals surface area contributed by atoms with Gasteiger partial charge in [0.1, 0.15) is 0 Å². The van der Waals surface area contributed by atoms with Crippen LogP contribution in [0.5, 0.6) is 0 Å². The van der Waals surface area contributed by atoms with Crippen molar-refractivity contribution in [2.24, 2.45) is 5.73 Å². The maximum atomic E-state index is 12.6. The fourth-order valence-corrected chi connectivity index (χ4v) is 2.64. The van der Waals surface area contributed by atoms with E-state index in [1.54, 1.807) is 24.3 Å². The highest BCUT2D eigenvalue weighted by Crippen LogP contribution is 2.20. The Balaban J connectivity index is 2.12. The van der Waals surface area contributed by atoms with Crippen LogP contribution in [0.25, 0.3) is 0 Å². The number of nitrogens with two attached hydrogens (primary N) is 1. The van der Waals surface area contributed by atoms with Crippen LogP contribution in [-0.4, -0.2) is 30.8 Å². The molecule has 5 N–H and O–H groups in total. The van der Waals surface area contributed by atoms with Gasteiger partial charge in [0.2, 0.25) is 11.8 Å². The Morgan fingerprint density at radius 1 is 1.00 bits per heavy atom. The van der Waals surface area contributed by atoms with E-state index >= 15 is 0 Å². The summed E-state index contributed by atoms with van der Waals surface area (Å²) in [7, 11) is 0. The van der Waals surface area contributed by atoms with Crippen LogP contribution in [0, 0.1) is 0 Å². The molecule has 1 atom stereocenters. The van der Waals surface area contributed by atoms with Crippen LogP contribution in [-0.2, 0) is 9.59 Å². The lowest BCUT2D eigenvalue weighted by Gasteiger charge is -2.18. The summed E-state index contributed by atoms with van der Waals surface area (Å²) < 4.78 is 0.